The van der Waals surface area contributed by atoms with E-state index in [1.54, 1.807) is 26.0 Å². The van der Waals surface area contributed by atoms with Gasteiger partial charge in [0, 0.05) is 12.6 Å². The van der Waals surface area contributed by atoms with Crippen LogP contribution in [-0.2, 0) is 30.8 Å². The lowest BCUT2D eigenvalue weighted by Crippen LogP contribution is -2.37. The zero-order chi connectivity index (χ0) is 21.6. The topological polar surface area (TPSA) is 92.8 Å². The molecule has 0 fully saturated rings. The molecular weight excluding hydrogens is 392 g/mol. The van der Waals surface area contributed by atoms with Crippen molar-refractivity contribution in [2.75, 3.05) is 16.2 Å². The number of carbonyl (C=O) groups is 2. The summed E-state index contributed by atoms with van der Waals surface area (Å²) in [5, 5.41) is 2.59. The predicted octanol–water partition coefficient (Wildman–Crippen LogP) is 3.35. The van der Waals surface area contributed by atoms with E-state index in [4.69, 9.17) is 4.74 Å². The van der Waals surface area contributed by atoms with E-state index in [9.17, 15) is 18.0 Å². The molecule has 2 aromatic carbocycles. The van der Waals surface area contributed by atoms with Gasteiger partial charge in [0.2, 0.25) is 5.91 Å². The third-order valence-electron chi connectivity index (χ3n) is 4.04. The molecule has 2 rings (SSSR count). The summed E-state index contributed by atoms with van der Waals surface area (Å²) in [6.45, 7) is 6.33. The van der Waals surface area contributed by atoms with E-state index in [1.165, 1.54) is 31.2 Å². The summed E-state index contributed by atoms with van der Waals surface area (Å²) >= 11 is 0. The Bertz CT molecular complexity index is 952. The quantitative estimate of drug-likeness (QED) is 0.664. The van der Waals surface area contributed by atoms with Gasteiger partial charge in [0.1, 0.15) is 6.54 Å². The third-order valence-corrected chi connectivity index (χ3v) is 5.82. The molecule has 0 aliphatic rings. The fourth-order valence-corrected chi connectivity index (χ4v) is 4.08. The van der Waals surface area contributed by atoms with Crippen LogP contribution < -0.4 is 9.62 Å². The molecule has 8 heteroatoms. The van der Waals surface area contributed by atoms with Crippen LogP contribution in [-0.4, -0.2) is 32.9 Å². The molecule has 0 atom stereocenters. The van der Waals surface area contributed by atoms with E-state index in [-0.39, 0.29) is 16.9 Å². The molecule has 0 saturated carbocycles. The maximum Gasteiger partial charge on any atom is 0.327 e. The first-order valence-electron chi connectivity index (χ1n) is 9.32. The molecule has 0 radical (unpaired) electrons. The van der Waals surface area contributed by atoms with Crippen LogP contribution in [0, 0.1) is 0 Å². The molecule has 0 saturated heterocycles. The highest BCUT2D eigenvalue weighted by Gasteiger charge is 2.28. The van der Waals surface area contributed by atoms with E-state index in [1.807, 2.05) is 19.1 Å². The van der Waals surface area contributed by atoms with Crippen LogP contribution in [0.15, 0.2) is 53.4 Å². The number of ether oxygens (including phenoxy) is 1. The first-order valence-corrected chi connectivity index (χ1v) is 10.8. The Morgan fingerprint density at radius 2 is 1.62 bits per heavy atom. The van der Waals surface area contributed by atoms with Crippen molar-refractivity contribution in [2.24, 2.45) is 0 Å². The number of hydrogen-bond donors (Lipinski definition) is 1. The molecule has 2 aromatic rings. The smallest absolute Gasteiger partial charge is 0.327 e. The lowest BCUT2D eigenvalue weighted by molar-refractivity contribution is -0.145. The van der Waals surface area contributed by atoms with Crippen LogP contribution >= 0.6 is 0 Å². The van der Waals surface area contributed by atoms with Crippen molar-refractivity contribution in [2.45, 2.75) is 45.1 Å². The van der Waals surface area contributed by atoms with Crippen molar-refractivity contribution in [3.05, 3.63) is 54.1 Å². The number of carbonyl (C=O) groups excluding carboxylic acids is 2. The molecule has 1 amide bonds. The van der Waals surface area contributed by atoms with Gasteiger partial charge in [0.05, 0.1) is 16.7 Å². The van der Waals surface area contributed by atoms with Gasteiger partial charge in [-0.25, -0.2) is 8.42 Å². The summed E-state index contributed by atoms with van der Waals surface area (Å²) in [5.41, 5.74) is 1.90. The molecule has 29 heavy (non-hydrogen) atoms. The molecule has 0 aromatic heterocycles. The highest BCUT2D eigenvalue weighted by Crippen LogP contribution is 2.25. The second-order valence-corrected chi connectivity index (χ2v) is 8.64. The van der Waals surface area contributed by atoms with Gasteiger partial charge in [-0.15, -0.1) is 0 Å². The van der Waals surface area contributed by atoms with Gasteiger partial charge in [0.25, 0.3) is 10.0 Å². The minimum Gasteiger partial charge on any atom is -0.462 e. The van der Waals surface area contributed by atoms with E-state index >= 15 is 0 Å². The van der Waals surface area contributed by atoms with Gasteiger partial charge in [-0.2, -0.15) is 0 Å². The normalized spacial score (nSPS) is 11.2. The van der Waals surface area contributed by atoms with Crippen molar-refractivity contribution < 1.29 is 22.7 Å². The first-order chi connectivity index (χ1) is 13.6. The second-order valence-electron chi connectivity index (χ2n) is 6.78. The van der Waals surface area contributed by atoms with E-state index in [0.29, 0.717) is 11.4 Å². The van der Waals surface area contributed by atoms with Crippen LogP contribution in [0.4, 0.5) is 11.4 Å². The molecular formula is C21H26N2O5S. The third kappa shape index (κ3) is 6.05. The Labute approximate surface area is 171 Å². The van der Waals surface area contributed by atoms with E-state index < -0.39 is 22.5 Å². The minimum atomic E-state index is -4.03. The lowest BCUT2D eigenvalue weighted by atomic mass is 10.1. The molecule has 0 aliphatic heterocycles. The number of esters is 1. The van der Waals surface area contributed by atoms with Crippen molar-refractivity contribution in [1.82, 2.24) is 0 Å². The minimum absolute atomic E-state index is 0.00326. The molecule has 0 unspecified atom stereocenters. The summed E-state index contributed by atoms with van der Waals surface area (Å²) in [6, 6.07) is 12.8. The summed E-state index contributed by atoms with van der Waals surface area (Å²) < 4.78 is 32.7. The van der Waals surface area contributed by atoms with E-state index in [2.05, 4.69) is 5.32 Å². The van der Waals surface area contributed by atoms with E-state index in [0.717, 1.165) is 16.3 Å². The molecule has 0 bridgehead atoms. The highest BCUT2D eigenvalue weighted by molar-refractivity contribution is 7.92. The number of amides is 1. The highest BCUT2D eigenvalue weighted by atomic mass is 32.2. The Morgan fingerprint density at radius 1 is 1.03 bits per heavy atom. The number of benzene rings is 2. The number of nitrogens with zero attached hydrogens (tertiary/aromatic N) is 1. The number of aryl methyl sites for hydroxylation is 1. The number of anilines is 2. The van der Waals surface area contributed by atoms with Gasteiger partial charge >= 0.3 is 5.97 Å². The monoisotopic (exact) mass is 418 g/mol. The van der Waals surface area contributed by atoms with Crippen LogP contribution in [0.5, 0.6) is 0 Å². The molecule has 0 aliphatic carbocycles. The Hall–Kier alpha value is -2.87. The van der Waals surface area contributed by atoms with Crippen molar-refractivity contribution in [3.63, 3.8) is 0 Å². The molecule has 0 heterocycles. The van der Waals surface area contributed by atoms with Crippen molar-refractivity contribution in [1.29, 1.82) is 0 Å². The van der Waals surface area contributed by atoms with Crippen LogP contribution in [0.3, 0.4) is 0 Å². The standard InChI is InChI=1S/C21H26N2O5S/c1-5-17-6-10-19(11-7-17)23(14-21(25)28-15(2)3)29(26,27)20-12-8-18(9-13-20)22-16(4)24/h6-13,15H,5,14H2,1-4H3,(H,22,24). The fraction of sp³-hybridized carbons (Fsp3) is 0.333. The first kappa shape index (κ1) is 22.4. The fourth-order valence-electron chi connectivity index (χ4n) is 2.67. The predicted molar refractivity (Wildman–Crippen MR) is 112 cm³/mol. The Kier molecular flexibility index (Phi) is 7.39. The van der Waals surface area contributed by atoms with Crippen LogP contribution in [0.2, 0.25) is 0 Å². The Morgan fingerprint density at radius 3 is 2.10 bits per heavy atom. The van der Waals surface area contributed by atoms with Crippen molar-refractivity contribution >= 4 is 33.3 Å². The van der Waals surface area contributed by atoms with Crippen molar-refractivity contribution in [3.8, 4) is 0 Å². The number of nitrogens with one attached hydrogen (secondary N) is 1. The molecule has 156 valence electrons. The maximum absolute atomic E-state index is 13.3. The molecule has 7 nitrogen and oxygen atoms in total. The van der Waals surface area contributed by atoms with Gasteiger partial charge < -0.3 is 10.1 Å². The lowest BCUT2D eigenvalue weighted by Gasteiger charge is -2.24. The average molecular weight is 419 g/mol. The Balaban J connectivity index is 2.41. The number of rotatable bonds is 8. The number of sulfonamides is 1. The summed E-state index contributed by atoms with van der Waals surface area (Å²) in [6.07, 6.45) is 0.457. The number of hydrogen-bond acceptors (Lipinski definition) is 5. The van der Waals surface area contributed by atoms with Crippen LogP contribution in [0.25, 0.3) is 0 Å². The maximum atomic E-state index is 13.3. The van der Waals surface area contributed by atoms with Gasteiger partial charge in [-0.05, 0) is 62.2 Å². The molecule has 0 spiro atoms. The van der Waals surface area contributed by atoms with Crippen LogP contribution in [0.1, 0.15) is 33.3 Å². The molecule has 1 N–H and O–H groups in total. The average Bonchev–Trinajstić information content (AvgIpc) is 2.65. The summed E-state index contributed by atoms with van der Waals surface area (Å²) in [4.78, 5) is 23.4. The zero-order valence-corrected chi connectivity index (χ0v) is 17.8. The van der Waals surface area contributed by atoms with Gasteiger partial charge in [-0.3, -0.25) is 13.9 Å². The SMILES string of the molecule is CCc1ccc(N(CC(=O)OC(C)C)S(=O)(=O)c2ccc(NC(C)=O)cc2)cc1. The summed E-state index contributed by atoms with van der Waals surface area (Å²) in [5.74, 6) is -0.896. The zero-order valence-electron chi connectivity index (χ0n) is 17.0. The summed E-state index contributed by atoms with van der Waals surface area (Å²) in [7, 11) is -4.03. The van der Waals surface area contributed by atoms with Gasteiger partial charge in [0.15, 0.2) is 0 Å². The van der Waals surface area contributed by atoms with Gasteiger partial charge in [-0.1, -0.05) is 19.1 Å². The largest absolute Gasteiger partial charge is 0.462 e. The second kappa shape index (κ2) is 9.56.